The molecule has 0 heterocycles. The van der Waals surface area contributed by atoms with Gasteiger partial charge in [-0.3, -0.25) is 4.79 Å². The average molecular weight is 239 g/mol. The molecule has 94 valence electrons. The summed E-state index contributed by atoms with van der Waals surface area (Å²) in [7, 11) is 4.84. The van der Waals surface area contributed by atoms with Gasteiger partial charge in [0.05, 0.1) is 13.7 Å². The summed E-state index contributed by atoms with van der Waals surface area (Å²) in [5.74, 6) is 0.862. The first-order valence-corrected chi connectivity index (χ1v) is 5.19. The van der Waals surface area contributed by atoms with Crippen molar-refractivity contribution in [2.24, 2.45) is 0 Å². The zero-order chi connectivity index (χ0) is 12.8. The van der Waals surface area contributed by atoms with Gasteiger partial charge in [0.25, 0.3) is 5.91 Å². The monoisotopic (exact) mass is 239 g/mol. The average Bonchev–Trinajstić information content (AvgIpc) is 2.35. The van der Waals surface area contributed by atoms with E-state index in [-0.39, 0.29) is 19.1 Å². The first-order valence-electron chi connectivity index (χ1n) is 5.19. The van der Waals surface area contributed by atoms with Crippen LogP contribution in [0.2, 0.25) is 0 Å². The highest BCUT2D eigenvalue weighted by Crippen LogP contribution is 2.27. The minimum atomic E-state index is -0.127. The van der Waals surface area contributed by atoms with Gasteiger partial charge in [0.2, 0.25) is 0 Å². The van der Waals surface area contributed by atoms with Gasteiger partial charge in [0.15, 0.2) is 18.1 Å². The molecule has 1 amide bonds. The SMILES string of the molecule is COc1cc(CO)ccc1OCC(=O)N(C)C. The lowest BCUT2D eigenvalue weighted by atomic mass is 10.2. The van der Waals surface area contributed by atoms with Crippen LogP contribution in [0.1, 0.15) is 5.56 Å². The molecule has 0 aliphatic heterocycles. The van der Waals surface area contributed by atoms with Crippen LogP contribution in [0.3, 0.4) is 0 Å². The summed E-state index contributed by atoms with van der Waals surface area (Å²) in [5.41, 5.74) is 0.730. The van der Waals surface area contributed by atoms with E-state index in [0.29, 0.717) is 11.5 Å². The van der Waals surface area contributed by atoms with Crippen molar-refractivity contribution >= 4 is 5.91 Å². The van der Waals surface area contributed by atoms with E-state index in [2.05, 4.69) is 0 Å². The second-order valence-electron chi connectivity index (χ2n) is 3.72. The second-order valence-corrected chi connectivity index (χ2v) is 3.72. The zero-order valence-corrected chi connectivity index (χ0v) is 10.3. The van der Waals surface area contributed by atoms with Crippen LogP contribution in [-0.2, 0) is 11.4 Å². The van der Waals surface area contributed by atoms with Gasteiger partial charge in [-0.1, -0.05) is 6.07 Å². The quantitative estimate of drug-likeness (QED) is 0.819. The number of methoxy groups -OCH3 is 1. The predicted molar refractivity (Wildman–Crippen MR) is 63.1 cm³/mol. The van der Waals surface area contributed by atoms with Crippen molar-refractivity contribution in [3.63, 3.8) is 0 Å². The highest BCUT2D eigenvalue weighted by Gasteiger charge is 2.09. The maximum Gasteiger partial charge on any atom is 0.259 e. The van der Waals surface area contributed by atoms with E-state index in [0.717, 1.165) is 5.56 Å². The fraction of sp³-hybridized carbons (Fsp3) is 0.417. The Bertz CT molecular complexity index is 390. The third-order valence-electron chi connectivity index (χ3n) is 2.26. The summed E-state index contributed by atoms with van der Waals surface area (Å²) in [6.45, 7) is -0.102. The van der Waals surface area contributed by atoms with Gasteiger partial charge in [-0.2, -0.15) is 0 Å². The Kier molecular flexibility index (Phi) is 4.78. The Morgan fingerprint density at radius 3 is 2.59 bits per heavy atom. The van der Waals surface area contributed by atoms with Gasteiger partial charge in [0, 0.05) is 14.1 Å². The molecule has 0 aromatic heterocycles. The molecule has 0 aliphatic rings. The lowest BCUT2D eigenvalue weighted by Crippen LogP contribution is -2.27. The topological polar surface area (TPSA) is 59.0 Å². The van der Waals surface area contributed by atoms with E-state index in [9.17, 15) is 4.79 Å². The Hall–Kier alpha value is -1.75. The largest absolute Gasteiger partial charge is 0.493 e. The molecular formula is C12H17NO4. The second kappa shape index (κ2) is 6.10. The number of nitrogens with zero attached hydrogens (tertiary/aromatic N) is 1. The lowest BCUT2D eigenvalue weighted by Gasteiger charge is -2.13. The van der Waals surface area contributed by atoms with Crippen molar-refractivity contribution in [2.45, 2.75) is 6.61 Å². The van der Waals surface area contributed by atoms with Crippen LogP contribution in [-0.4, -0.2) is 43.7 Å². The lowest BCUT2D eigenvalue weighted by molar-refractivity contribution is -0.130. The molecule has 0 saturated carbocycles. The number of ether oxygens (including phenoxy) is 2. The first-order chi connectivity index (χ1) is 8.08. The molecule has 1 aromatic carbocycles. The van der Waals surface area contributed by atoms with Crippen molar-refractivity contribution in [2.75, 3.05) is 27.8 Å². The number of hydrogen-bond acceptors (Lipinski definition) is 4. The summed E-state index contributed by atoms with van der Waals surface area (Å²) < 4.78 is 10.5. The number of hydrogen-bond donors (Lipinski definition) is 1. The number of likely N-dealkylation sites (N-methyl/N-ethyl adjacent to an activating group) is 1. The van der Waals surface area contributed by atoms with E-state index in [1.54, 1.807) is 32.3 Å². The third kappa shape index (κ3) is 3.64. The maximum atomic E-state index is 11.4. The molecule has 0 bridgehead atoms. The van der Waals surface area contributed by atoms with Crippen molar-refractivity contribution in [1.29, 1.82) is 0 Å². The van der Waals surface area contributed by atoms with Gasteiger partial charge in [0.1, 0.15) is 0 Å². The standard InChI is InChI=1S/C12H17NO4/c1-13(2)12(15)8-17-10-5-4-9(7-14)6-11(10)16-3/h4-6,14H,7-8H2,1-3H3. The maximum absolute atomic E-state index is 11.4. The minimum absolute atomic E-state index is 0.0398. The van der Waals surface area contributed by atoms with Gasteiger partial charge < -0.3 is 19.5 Å². The van der Waals surface area contributed by atoms with Crippen molar-refractivity contribution in [1.82, 2.24) is 4.90 Å². The van der Waals surface area contributed by atoms with E-state index in [4.69, 9.17) is 14.6 Å². The number of carbonyl (C=O) groups excluding carboxylic acids is 1. The van der Waals surface area contributed by atoms with E-state index in [1.807, 2.05) is 0 Å². The molecular weight excluding hydrogens is 222 g/mol. The van der Waals surface area contributed by atoms with Crippen LogP contribution < -0.4 is 9.47 Å². The molecule has 0 fully saturated rings. The molecule has 0 radical (unpaired) electrons. The fourth-order valence-electron chi connectivity index (χ4n) is 1.20. The minimum Gasteiger partial charge on any atom is -0.493 e. The Labute approximate surface area is 101 Å². The van der Waals surface area contributed by atoms with E-state index < -0.39 is 0 Å². The fourth-order valence-corrected chi connectivity index (χ4v) is 1.20. The Morgan fingerprint density at radius 1 is 1.35 bits per heavy atom. The summed E-state index contributed by atoms with van der Waals surface area (Å²) in [6.07, 6.45) is 0. The van der Waals surface area contributed by atoms with Crippen molar-refractivity contribution in [3.8, 4) is 11.5 Å². The van der Waals surface area contributed by atoms with Crippen LogP contribution in [0.4, 0.5) is 0 Å². The molecule has 5 nitrogen and oxygen atoms in total. The molecule has 1 N–H and O–H groups in total. The molecule has 1 aromatic rings. The summed E-state index contributed by atoms with van der Waals surface area (Å²) in [5, 5.41) is 8.98. The third-order valence-corrected chi connectivity index (χ3v) is 2.26. The normalized spacial score (nSPS) is 9.88. The number of carbonyl (C=O) groups is 1. The molecule has 0 aliphatic carbocycles. The van der Waals surface area contributed by atoms with Gasteiger partial charge in [-0.25, -0.2) is 0 Å². The number of aliphatic hydroxyl groups is 1. The van der Waals surface area contributed by atoms with Crippen molar-refractivity contribution in [3.05, 3.63) is 23.8 Å². The number of amides is 1. The van der Waals surface area contributed by atoms with Crippen LogP contribution >= 0.6 is 0 Å². The molecule has 0 unspecified atom stereocenters. The number of benzene rings is 1. The predicted octanol–water partition coefficient (Wildman–Crippen LogP) is 0.654. The van der Waals surface area contributed by atoms with Crippen LogP contribution in [0, 0.1) is 0 Å². The number of rotatable bonds is 5. The zero-order valence-electron chi connectivity index (χ0n) is 10.3. The van der Waals surface area contributed by atoms with Crippen LogP contribution in [0.25, 0.3) is 0 Å². The van der Waals surface area contributed by atoms with Crippen LogP contribution in [0.5, 0.6) is 11.5 Å². The highest BCUT2D eigenvalue weighted by molar-refractivity contribution is 5.77. The van der Waals surface area contributed by atoms with E-state index in [1.165, 1.54) is 12.0 Å². The molecule has 17 heavy (non-hydrogen) atoms. The Morgan fingerprint density at radius 2 is 2.06 bits per heavy atom. The van der Waals surface area contributed by atoms with Crippen molar-refractivity contribution < 1.29 is 19.4 Å². The smallest absolute Gasteiger partial charge is 0.259 e. The molecule has 0 atom stereocenters. The van der Waals surface area contributed by atoms with Gasteiger partial charge in [-0.15, -0.1) is 0 Å². The summed E-state index contributed by atoms with van der Waals surface area (Å²) in [4.78, 5) is 12.8. The molecule has 5 heteroatoms. The van der Waals surface area contributed by atoms with Gasteiger partial charge in [-0.05, 0) is 17.7 Å². The molecule has 1 rings (SSSR count). The number of aliphatic hydroxyl groups excluding tert-OH is 1. The first kappa shape index (κ1) is 13.3. The highest BCUT2D eigenvalue weighted by atomic mass is 16.5. The van der Waals surface area contributed by atoms with Gasteiger partial charge >= 0.3 is 0 Å². The molecule has 0 spiro atoms. The Balaban J connectivity index is 2.74. The summed E-state index contributed by atoms with van der Waals surface area (Å²) in [6, 6.07) is 5.07. The van der Waals surface area contributed by atoms with Crippen LogP contribution in [0.15, 0.2) is 18.2 Å². The summed E-state index contributed by atoms with van der Waals surface area (Å²) >= 11 is 0. The molecule has 0 saturated heterocycles. The van der Waals surface area contributed by atoms with E-state index >= 15 is 0 Å².